The minimum Gasteiger partial charge on any atom is -0.508 e. The van der Waals surface area contributed by atoms with Crippen LogP contribution in [0, 0.1) is 0 Å². The molecule has 0 radical (unpaired) electrons. The van der Waals surface area contributed by atoms with E-state index < -0.39 is 0 Å². The Balaban J connectivity index is 1.46. The molecule has 4 rings (SSSR count). The maximum absolute atomic E-state index is 12.7. The van der Waals surface area contributed by atoms with Crippen LogP contribution < -0.4 is 0 Å². The molecular formula is C18H23N3O3. The van der Waals surface area contributed by atoms with Gasteiger partial charge < -0.3 is 14.9 Å². The van der Waals surface area contributed by atoms with Gasteiger partial charge in [-0.25, -0.2) is 4.79 Å². The molecule has 24 heavy (non-hydrogen) atoms. The van der Waals surface area contributed by atoms with E-state index in [0.717, 1.165) is 30.8 Å². The Morgan fingerprint density at radius 2 is 1.83 bits per heavy atom. The van der Waals surface area contributed by atoms with Gasteiger partial charge in [-0.05, 0) is 49.2 Å². The van der Waals surface area contributed by atoms with Crippen molar-refractivity contribution in [2.45, 2.75) is 38.3 Å². The summed E-state index contributed by atoms with van der Waals surface area (Å²) < 4.78 is 0. The molecule has 128 valence electrons. The largest absolute Gasteiger partial charge is 0.508 e. The molecule has 0 bridgehead atoms. The highest BCUT2D eigenvalue weighted by atomic mass is 16.3. The minimum absolute atomic E-state index is 0.0734. The SMILES string of the molecule is O=C1[C@@H]2Cc3ccc(O)cc3CN2C(=O)N1CCN1CCCCC1. The van der Waals surface area contributed by atoms with Crippen molar-refractivity contribution in [1.29, 1.82) is 0 Å². The van der Waals surface area contributed by atoms with Crippen LogP contribution >= 0.6 is 0 Å². The van der Waals surface area contributed by atoms with Crippen molar-refractivity contribution in [3.63, 3.8) is 0 Å². The molecule has 1 atom stereocenters. The number of likely N-dealkylation sites (tertiary alicyclic amines) is 1. The van der Waals surface area contributed by atoms with Crippen LogP contribution in [0.2, 0.25) is 0 Å². The lowest BCUT2D eigenvalue weighted by Gasteiger charge is -2.29. The van der Waals surface area contributed by atoms with Gasteiger partial charge in [-0.1, -0.05) is 12.5 Å². The molecule has 6 nitrogen and oxygen atoms in total. The van der Waals surface area contributed by atoms with E-state index in [4.69, 9.17) is 0 Å². The Labute approximate surface area is 141 Å². The highest BCUT2D eigenvalue weighted by molar-refractivity contribution is 6.04. The Morgan fingerprint density at radius 3 is 2.62 bits per heavy atom. The molecule has 3 heterocycles. The average molecular weight is 329 g/mol. The quantitative estimate of drug-likeness (QED) is 0.855. The van der Waals surface area contributed by atoms with Gasteiger partial charge in [0.25, 0.3) is 5.91 Å². The monoisotopic (exact) mass is 329 g/mol. The summed E-state index contributed by atoms with van der Waals surface area (Å²) in [7, 11) is 0. The third kappa shape index (κ3) is 2.65. The van der Waals surface area contributed by atoms with Crippen LogP contribution in [0.15, 0.2) is 18.2 Å². The second-order valence-corrected chi connectivity index (χ2v) is 6.98. The van der Waals surface area contributed by atoms with Gasteiger partial charge in [0.1, 0.15) is 11.8 Å². The van der Waals surface area contributed by atoms with Gasteiger partial charge >= 0.3 is 6.03 Å². The maximum Gasteiger partial charge on any atom is 0.327 e. The number of rotatable bonds is 3. The first-order valence-corrected chi connectivity index (χ1v) is 8.78. The van der Waals surface area contributed by atoms with Crippen LogP contribution in [0.4, 0.5) is 4.79 Å². The molecular weight excluding hydrogens is 306 g/mol. The molecule has 2 saturated heterocycles. The topological polar surface area (TPSA) is 64.1 Å². The number of carbonyl (C=O) groups is 2. The number of urea groups is 1. The first-order valence-electron chi connectivity index (χ1n) is 8.78. The number of hydrogen-bond acceptors (Lipinski definition) is 4. The van der Waals surface area contributed by atoms with Crippen molar-refractivity contribution in [2.24, 2.45) is 0 Å². The standard InChI is InChI=1S/C18H23N3O3/c22-15-5-4-13-11-16-17(23)20(9-8-19-6-2-1-3-7-19)18(24)21(16)12-14(13)10-15/h4-5,10,16,22H,1-3,6-9,11-12H2/t16-/m0/s1. The molecule has 1 aromatic carbocycles. The van der Waals surface area contributed by atoms with E-state index in [1.807, 2.05) is 6.07 Å². The van der Waals surface area contributed by atoms with E-state index in [1.54, 1.807) is 17.0 Å². The van der Waals surface area contributed by atoms with Gasteiger partial charge in [0, 0.05) is 26.1 Å². The summed E-state index contributed by atoms with van der Waals surface area (Å²) in [6, 6.07) is 4.63. The molecule has 0 spiro atoms. The van der Waals surface area contributed by atoms with E-state index >= 15 is 0 Å². The molecule has 0 aliphatic carbocycles. The van der Waals surface area contributed by atoms with Gasteiger partial charge in [-0.2, -0.15) is 0 Å². The van der Waals surface area contributed by atoms with E-state index in [0.29, 0.717) is 19.5 Å². The van der Waals surface area contributed by atoms with Crippen molar-refractivity contribution in [1.82, 2.24) is 14.7 Å². The third-order valence-corrected chi connectivity index (χ3v) is 5.44. The zero-order valence-electron chi connectivity index (χ0n) is 13.8. The van der Waals surface area contributed by atoms with Crippen LogP contribution in [0.1, 0.15) is 30.4 Å². The van der Waals surface area contributed by atoms with Gasteiger partial charge in [0.2, 0.25) is 0 Å². The van der Waals surface area contributed by atoms with Crippen LogP contribution in [-0.4, -0.2) is 64.0 Å². The maximum atomic E-state index is 12.7. The van der Waals surface area contributed by atoms with Crippen molar-refractivity contribution in [3.05, 3.63) is 29.3 Å². The van der Waals surface area contributed by atoms with Crippen LogP contribution in [-0.2, 0) is 17.8 Å². The highest BCUT2D eigenvalue weighted by Crippen LogP contribution is 2.31. The molecule has 1 N–H and O–H groups in total. The van der Waals surface area contributed by atoms with Crippen molar-refractivity contribution in [2.75, 3.05) is 26.2 Å². The van der Waals surface area contributed by atoms with Crippen molar-refractivity contribution < 1.29 is 14.7 Å². The first kappa shape index (κ1) is 15.4. The number of phenols is 1. The molecule has 3 aliphatic heterocycles. The van der Waals surface area contributed by atoms with E-state index in [-0.39, 0.29) is 23.7 Å². The molecule has 6 heteroatoms. The van der Waals surface area contributed by atoms with Crippen LogP contribution in [0.25, 0.3) is 0 Å². The fourth-order valence-electron chi connectivity index (χ4n) is 4.05. The van der Waals surface area contributed by atoms with Crippen molar-refractivity contribution >= 4 is 11.9 Å². The van der Waals surface area contributed by atoms with Gasteiger partial charge in [-0.15, -0.1) is 0 Å². The van der Waals surface area contributed by atoms with Gasteiger partial charge in [-0.3, -0.25) is 9.69 Å². The average Bonchev–Trinajstić information content (AvgIpc) is 2.83. The number of piperidine rings is 1. The normalized spacial score (nSPS) is 24.2. The van der Waals surface area contributed by atoms with Crippen molar-refractivity contribution in [3.8, 4) is 5.75 Å². The number of imide groups is 1. The number of amides is 3. The van der Waals surface area contributed by atoms with Gasteiger partial charge in [0.05, 0.1) is 0 Å². The molecule has 2 fully saturated rings. The lowest BCUT2D eigenvalue weighted by atomic mass is 9.94. The molecule has 3 amide bonds. The summed E-state index contributed by atoms with van der Waals surface area (Å²) in [5, 5.41) is 9.64. The van der Waals surface area contributed by atoms with Gasteiger partial charge in [0.15, 0.2) is 0 Å². The second-order valence-electron chi connectivity index (χ2n) is 6.98. The molecule has 3 aliphatic rings. The zero-order valence-corrected chi connectivity index (χ0v) is 13.8. The summed E-state index contributed by atoms with van der Waals surface area (Å²) >= 11 is 0. The lowest BCUT2D eigenvalue weighted by molar-refractivity contribution is -0.128. The molecule has 0 saturated carbocycles. The Bertz CT molecular complexity index is 669. The number of nitrogens with zero attached hydrogens (tertiary/aromatic N) is 3. The van der Waals surface area contributed by atoms with E-state index in [1.165, 1.54) is 24.2 Å². The number of aromatic hydroxyl groups is 1. The molecule has 1 aromatic rings. The summed E-state index contributed by atoms with van der Waals surface area (Å²) in [4.78, 5) is 30.8. The second kappa shape index (κ2) is 6.09. The summed E-state index contributed by atoms with van der Waals surface area (Å²) in [5.74, 6) is 0.128. The summed E-state index contributed by atoms with van der Waals surface area (Å²) in [5.41, 5.74) is 1.98. The fraction of sp³-hybridized carbons (Fsp3) is 0.556. The first-order chi connectivity index (χ1) is 11.6. The Kier molecular flexibility index (Phi) is 3.92. The number of fused-ring (bicyclic) bond motifs is 2. The zero-order chi connectivity index (χ0) is 16.7. The number of phenolic OH excluding ortho intramolecular Hbond substituents is 1. The predicted molar refractivity (Wildman–Crippen MR) is 88.5 cm³/mol. The minimum atomic E-state index is -0.379. The predicted octanol–water partition coefficient (Wildman–Crippen LogP) is 1.57. The number of carbonyl (C=O) groups excluding carboxylic acids is 2. The third-order valence-electron chi connectivity index (χ3n) is 5.44. The Morgan fingerprint density at radius 1 is 1.04 bits per heavy atom. The summed E-state index contributed by atoms with van der Waals surface area (Å²) in [6.45, 7) is 3.78. The fourth-order valence-corrected chi connectivity index (χ4v) is 4.05. The van der Waals surface area contributed by atoms with E-state index in [2.05, 4.69) is 4.90 Å². The summed E-state index contributed by atoms with van der Waals surface area (Å²) in [6.07, 6.45) is 4.23. The highest BCUT2D eigenvalue weighted by Gasteiger charge is 2.46. The molecule has 0 unspecified atom stereocenters. The number of benzene rings is 1. The van der Waals surface area contributed by atoms with Crippen LogP contribution in [0.5, 0.6) is 5.75 Å². The van der Waals surface area contributed by atoms with E-state index in [9.17, 15) is 14.7 Å². The molecule has 0 aromatic heterocycles. The smallest absolute Gasteiger partial charge is 0.327 e. The Hall–Kier alpha value is -2.08. The van der Waals surface area contributed by atoms with Crippen LogP contribution in [0.3, 0.4) is 0 Å². The lowest BCUT2D eigenvalue weighted by Crippen LogP contribution is -2.41. The number of hydrogen-bond donors (Lipinski definition) is 1.